The van der Waals surface area contributed by atoms with Gasteiger partial charge in [0.15, 0.2) is 0 Å². The van der Waals surface area contributed by atoms with Crippen LogP contribution in [0.4, 0.5) is 0 Å². The minimum absolute atomic E-state index is 0.0777. The Labute approximate surface area is 114 Å². The summed E-state index contributed by atoms with van der Waals surface area (Å²) in [6.07, 6.45) is 1.46. The van der Waals surface area contributed by atoms with E-state index in [0.29, 0.717) is 13.2 Å². The number of carbonyl (C=O) groups is 2. The van der Waals surface area contributed by atoms with Crippen LogP contribution in [0.3, 0.4) is 0 Å². The van der Waals surface area contributed by atoms with Crippen LogP contribution in [0.1, 0.15) is 40.5 Å². The molecule has 4 nitrogen and oxygen atoms in total. The van der Waals surface area contributed by atoms with Gasteiger partial charge in [0.25, 0.3) is 0 Å². The van der Waals surface area contributed by atoms with Crippen LogP contribution in [-0.2, 0) is 19.1 Å². The number of hydrogen-bond donors (Lipinski definition) is 0. The van der Waals surface area contributed by atoms with Crippen LogP contribution in [0.5, 0.6) is 0 Å². The Bertz CT molecular complexity index is 266. The molecule has 0 aliphatic rings. The van der Waals surface area contributed by atoms with Gasteiger partial charge in [-0.1, -0.05) is 27.7 Å². The Morgan fingerprint density at radius 1 is 1.00 bits per heavy atom. The molecule has 0 aromatic rings. The molecule has 0 amide bonds. The molecule has 2 unspecified atom stereocenters. The fourth-order valence-electron chi connectivity index (χ4n) is 1.46. The number of carbonyl (C=O) groups excluding carboxylic acids is 2. The van der Waals surface area contributed by atoms with Gasteiger partial charge in [-0.3, -0.25) is 9.59 Å². The average molecular weight is 279 g/mol. The summed E-state index contributed by atoms with van der Waals surface area (Å²) < 4.78 is 10.0. The molecular weight excluding hydrogens is 256 g/mol. The van der Waals surface area contributed by atoms with E-state index in [-0.39, 0.29) is 5.92 Å². The highest BCUT2D eigenvalue weighted by molar-refractivity contribution is 6.31. The highest BCUT2D eigenvalue weighted by atomic mass is 35.5. The van der Waals surface area contributed by atoms with Gasteiger partial charge in [-0.05, 0) is 18.8 Å². The fraction of sp³-hybridized carbons (Fsp3) is 0.846. The number of rotatable bonds is 8. The molecule has 0 saturated heterocycles. The van der Waals surface area contributed by atoms with Crippen LogP contribution in [0.25, 0.3) is 0 Å². The number of ether oxygens (including phenoxy) is 2. The fourth-order valence-corrected chi connectivity index (χ4v) is 1.91. The Balaban J connectivity index is 4.57. The van der Waals surface area contributed by atoms with Crippen molar-refractivity contribution in [1.82, 2.24) is 0 Å². The molecule has 0 aliphatic heterocycles. The lowest BCUT2D eigenvalue weighted by molar-refractivity contribution is -0.156. The molecule has 0 spiro atoms. The van der Waals surface area contributed by atoms with E-state index >= 15 is 0 Å². The van der Waals surface area contributed by atoms with E-state index in [4.69, 9.17) is 21.1 Å². The summed E-state index contributed by atoms with van der Waals surface area (Å²) in [4.78, 5) is 23.5. The first-order valence-corrected chi connectivity index (χ1v) is 6.86. The summed E-state index contributed by atoms with van der Waals surface area (Å²) in [7, 11) is 0. The van der Waals surface area contributed by atoms with E-state index in [1.54, 1.807) is 0 Å². The Kier molecular flexibility index (Phi) is 8.81. The molecule has 0 rings (SSSR count). The van der Waals surface area contributed by atoms with Gasteiger partial charge in [0, 0.05) is 0 Å². The zero-order valence-electron chi connectivity index (χ0n) is 11.6. The average Bonchev–Trinajstić information content (AvgIpc) is 2.32. The van der Waals surface area contributed by atoms with Gasteiger partial charge >= 0.3 is 11.9 Å². The predicted molar refractivity (Wildman–Crippen MR) is 70.5 cm³/mol. The van der Waals surface area contributed by atoms with Crippen molar-refractivity contribution < 1.29 is 19.1 Å². The molecule has 0 aromatic heterocycles. The quantitative estimate of drug-likeness (QED) is 0.506. The largest absolute Gasteiger partial charge is 0.465 e. The highest BCUT2D eigenvalue weighted by Crippen LogP contribution is 2.23. The maximum absolute atomic E-state index is 11.8. The molecule has 0 saturated carbocycles. The molecular formula is C13H23ClO4. The van der Waals surface area contributed by atoms with Gasteiger partial charge in [-0.25, -0.2) is 0 Å². The van der Waals surface area contributed by atoms with Gasteiger partial charge in [0.1, 0.15) is 5.38 Å². The number of alkyl halides is 1. The lowest BCUT2D eigenvalue weighted by Gasteiger charge is -2.22. The van der Waals surface area contributed by atoms with Crippen LogP contribution < -0.4 is 0 Å². The van der Waals surface area contributed by atoms with Crippen molar-refractivity contribution in [2.45, 2.75) is 45.9 Å². The molecule has 18 heavy (non-hydrogen) atoms. The van der Waals surface area contributed by atoms with Gasteiger partial charge in [-0.2, -0.15) is 0 Å². The minimum Gasteiger partial charge on any atom is -0.465 e. The summed E-state index contributed by atoms with van der Waals surface area (Å²) >= 11 is 6.03. The lowest BCUT2D eigenvalue weighted by atomic mass is 9.92. The van der Waals surface area contributed by atoms with Crippen LogP contribution >= 0.6 is 11.6 Å². The van der Waals surface area contributed by atoms with Crippen LogP contribution in [-0.4, -0.2) is 30.5 Å². The summed E-state index contributed by atoms with van der Waals surface area (Å²) in [5.74, 6) is -1.72. The third kappa shape index (κ3) is 5.71. The molecule has 0 N–H and O–H groups in total. The van der Waals surface area contributed by atoms with Crippen LogP contribution in [0, 0.1) is 11.8 Å². The molecule has 0 aromatic carbocycles. The van der Waals surface area contributed by atoms with Gasteiger partial charge in [0.2, 0.25) is 0 Å². The zero-order chi connectivity index (χ0) is 14.1. The molecule has 0 bridgehead atoms. The normalized spacial score (nSPS) is 14.1. The number of hydrogen-bond acceptors (Lipinski definition) is 4. The van der Waals surface area contributed by atoms with Crippen molar-refractivity contribution in [3.63, 3.8) is 0 Å². The Morgan fingerprint density at radius 3 is 1.83 bits per heavy atom. The molecule has 2 atom stereocenters. The van der Waals surface area contributed by atoms with Crippen molar-refractivity contribution in [3.8, 4) is 0 Å². The van der Waals surface area contributed by atoms with E-state index in [0.717, 1.165) is 12.8 Å². The van der Waals surface area contributed by atoms with Crippen molar-refractivity contribution in [2.75, 3.05) is 13.2 Å². The number of halogens is 1. The molecule has 0 radical (unpaired) electrons. The number of esters is 2. The molecule has 106 valence electrons. The second-order valence-corrected chi connectivity index (χ2v) is 4.98. The van der Waals surface area contributed by atoms with Crippen molar-refractivity contribution in [3.05, 3.63) is 0 Å². The van der Waals surface area contributed by atoms with Gasteiger partial charge in [0.05, 0.1) is 19.1 Å². The maximum Gasteiger partial charge on any atom is 0.324 e. The smallest absolute Gasteiger partial charge is 0.324 e. The SMILES string of the molecule is CCCOC(=O)C(Cl)C(C(=O)OCCC)C(C)C. The Morgan fingerprint density at radius 2 is 1.44 bits per heavy atom. The third-order valence-electron chi connectivity index (χ3n) is 2.43. The monoisotopic (exact) mass is 278 g/mol. The van der Waals surface area contributed by atoms with Crippen LogP contribution in [0.15, 0.2) is 0 Å². The van der Waals surface area contributed by atoms with Gasteiger partial charge in [-0.15, -0.1) is 11.6 Å². The first kappa shape index (κ1) is 17.2. The highest BCUT2D eigenvalue weighted by Gasteiger charge is 2.36. The van der Waals surface area contributed by atoms with E-state index < -0.39 is 23.2 Å². The van der Waals surface area contributed by atoms with Crippen molar-refractivity contribution in [2.24, 2.45) is 11.8 Å². The third-order valence-corrected chi connectivity index (χ3v) is 2.88. The van der Waals surface area contributed by atoms with Gasteiger partial charge < -0.3 is 9.47 Å². The predicted octanol–water partition coefficient (Wildman–Crippen LogP) is 2.77. The summed E-state index contributed by atoms with van der Waals surface area (Å²) in [5, 5.41) is -0.985. The lowest BCUT2D eigenvalue weighted by Crippen LogP contribution is -2.37. The van der Waals surface area contributed by atoms with E-state index in [2.05, 4.69) is 0 Å². The first-order chi connectivity index (χ1) is 8.45. The molecule has 0 heterocycles. The standard InChI is InChI=1S/C13H23ClO4/c1-5-7-17-12(15)10(9(3)4)11(14)13(16)18-8-6-2/h9-11H,5-8H2,1-4H3. The van der Waals surface area contributed by atoms with Crippen LogP contribution in [0.2, 0.25) is 0 Å². The van der Waals surface area contributed by atoms with Crippen molar-refractivity contribution in [1.29, 1.82) is 0 Å². The summed E-state index contributed by atoms with van der Waals surface area (Å²) in [6.45, 7) is 8.13. The van der Waals surface area contributed by atoms with Crippen molar-refractivity contribution >= 4 is 23.5 Å². The summed E-state index contributed by atoms with van der Waals surface area (Å²) in [5.41, 5.74) is 0. The Hall–Kier alpha value is -0.770. The van der Waals surface area contributed by atoms with E-state index in [1.165, 1.54) is 0 Å². The minimum atomic E-state index is -0.985. The topological polar surface area (TPSA) is 52.6 Å². The zero-order valence-corrected chi connectivity index (χ0v) is 12.3. The molecule has 0 fully saturated rings. The molecule has 5 heteroatoms. The maximum atomic E-state index is 11.8. The van der Waals surface area contributed by atoms with E-state index in [9.17, 15) is 9.59 Å². The molecule has 0 aliphatic carbocycles. The second kappa shape index (κ2) is 9.20. The summed E-state index contributed by atoms with van der Waals surface area (Å²) in [6, 6.07) is 0. The second-order valence-electron chi connectivity index (χ2n) is 4.51. The first-order valence-electron chi connectivity index (χ1n) is 6.42. The van der Waals surface area contributed by atoms with E-state index in [1.807, 2.05) is 27.7 Å².